The highest BCUT2D eigenvalue weighted by molar-refractivity contribution is 5.07. The largest absolute Gasteiger partial charge is 0.325 e. The molecule has 0 bridgehead atoms. The molecule has 1 aliphatic rings. The maximum Gasteiger partial charge on any atom is 0.0128 e. The first kappa shape index (κ1) is 13.5. The molecule has 1 atom stereocenters. The van der Waals surface area contributed by atoms with Crippen molar-refractivity contribution in [1.82, 2.24) is 0 Å². The topological polar surface area (TPSA) is 26.0 Å². The SMILES string of the molecule is C/C1=C/C[C@H](C(C)(C)N)CC/C(C)=C/CC1. The summed E-state index contributed by atoms with van der Waals surface area (Å²) in [6, 6.07) is 0. The molecular formula is C15H27N. The van der Waals surface area contributed by atoms with E-state index >= 15 is 0 Å². The highest BCUT2D eigenvalue weighted by Crippen LogP contribution is 2.27. The molecule has 0 spiro atoms. The first-order valence-corrected chi connectivity index (χ1v) is 6.49. The van der Waals surface area contributed by atoms with Gasteiger partial charge in [0.2, 0.25) is 0 Å². The minimum atomic E-state index is -0.0593. The molecule has 1 heteroatoms. The molecule has 0 aromatic carbocycles. The minimum Gasteiger partial charge on any atom is -0.325 e. The van der Waals surface area contributed by atoms with E-state index in [0.29, 0.717) is 5.92 Å². The van der Waals surface area contributed by atoms with E-state index in [1.54, 1.807) is 0 Å². The van der Waals surface area contributed by atoms with Crippen LogP contribution in [0, 0.1) is 5.92 Å². The Labute approximate surface area is 101 Å². The van der Waals surface area contributed by atoms with Crippen LogP contribution in [0.25, 0.3) is 0 Å². The monoisotopic (exact) mass is 221 g/mol. The Morgan fingerprint density at radius 3 is 2.38 bits per heavy atom. The Balaban J connectivity index is 2.75. The molecule has 0 radical (unpaired) electrons. The summed E-state index contributed by atoms with van der Waals surface area (Å²) in [5.41, 5.74) is 9.25. The summed E-state index contributed by atoms with van der Waals surface area (Å²) in [7, 11) is 0. The van der Waals surface area contributed by atoms with E-state index in [4.69, 9.17) is 5.73 Å². The van der Waals surface area contributed by atoms with Crippen LogP contribution in [0.5, 0.6) is 0 Å². The van der Waals surface area contributed by atoms with E-state index in [1.807, 2.05) is 0 Å². The second-order valence-electron chi connectivity index (χ2n) is 5.93. The maximum atomic E-state index is 6.26. The summed E-state index contributed by atoms with van der Waals surface area (Å²) < 4.78 is 0. The normalized spacial score (nSPS) is 31.2. The molecule has 2 N–H and O–H groups in total. The Bertz CT molecular complexity index is 278. The van der Waals surface area contributed by atoms with Crippen molar-refractivity contribution in [3.05, 3.63) is 23.3 Å². The van der Waals surface area contributed by atoms with Crippen molar-refractivity contribution < 1.29 is 0 Å². The van der Waals surface area contributed by atoms with Crippen molar-refractivity contribution in [2.75, 3.05) is 0 Å². The van der Waals surface area contributed by atoms with Gasteiger partial charge in [-0.1, -0.05) is 23.3 Å². The Morgan fingerprint density at radius 2 is 1.75 bits per heavy atom. The number of allylic oxidation sites excluding steroid dienone is 4. The number of rotatable bonds is 1. The lowest BCUT2D eigenvalue weighted by atomic mass is 9.80. The van der Waals surface area contributed by atoms with Gasteiger partial charge >= 0.3 is 0 Å². The molecule has 0 heterocycles. The van der Waals surface area contributed by atoms with Gasteiger partial charge < -0.3 is 5.73 Å². The average Bonchev–Trinajstić information content (AvgIpc) is 2.15. The highest BCUT2D eigenvalue weighted by atomic mass is 14.7. The highest BCUT2D eigenvalue weighted by Gasteiger charge is 2.23. The van der Waals surface area contributed by atoms with Gasteiger partial charge in [-0.15, -0.1) is 0 Å². The predicted octanol–water partition coefficient (Wildman–Crippen LogP) is 4.20. The molecule has 16 heavy (non-hydrogen) atoms. The van der Waals surface area contributed by atoms with Gasteiger partial charge in [0.1, 0.15) is 0 Å². The van der Waals surface area contributed by atoms with Crippen LogP contribution in [-0.4, -0.2) is 5.54 Å². The van der Waals surface area contributed by atoms with Gasteiger partial charge in [-0.25, -0.2) is 0 Å². The van der Waals surface area contributed by atoms with Crippen LogP contribution >= 0.6 is 0 Å². The maximum absolute atomic E-state index is 6.26. The summed E-state index contributed by atoms with van der Waals surface area (Å²) in [4.78, 5) is 0. The van der Waals surface area contributed by atoms with Crippen LogP contribution in [-0.2, 0) is 0 Å². The first-order chi connectivity index (χ1) is 7.39. The third-order valence-electron chi connectivity index (χ3n) is 3.72. The van der Waals surface area contributed by atoms with Crippen molar-refractivity contribution in [2.45, 2.75) is 65.3 Å². The van der Waals surface area contributed by atoms with E-state index in [0.717, 1.165) is 6.42 Å². The number of nitrogens with two attached hydrogens (primary N) is 1. The Kier molecular flexibility index (Phi) is 4.79. The lowest BCUT2D eigenvalue weighted by Gasteiger charge is -2.30. The fourth-order valence-electron chi connectivity index (χ4n) is 2.29. The quantitative estimate of drug-likeness (QED) is 0.660. The molecule has 0 unspecified atom stereocenters. The second kappa shape index (κ2) is 5.67. The Morgan fingerprint density at radius 1 is 1.12 bits per heavy atom. The standard InChI is InChI=1S/C15H27N/c1-12-6-5-7-13(2)9-11-14(10-8-12)15(3,4)16/h6,9,14H,5,7-8,10-11,16H2,1-4H3/b12-6+,13-9-/t14-/m1/s1. The molecule has 0 amide bonds. The van der Waals surface area contributed by atoms with Crippen LogP contribution < -0.4 is 5.73 Å². The molecule has 1 nitrogen and oxygen atoms in total. The molecular weight excluding hydrogens is 194 g/mol. The van der Waals surface area contributed by atoms with Gasteiger partial charge in [0.15, 0.2) is 0 Å². The van der Waals surface area contributed by atoms with Crippen LogP contribution in [0.2, 0.25) is 0 Å². The van der Waals surface area contributed by atoms with Crippen LogP contribution in [0.1, 0.15) is 59.8 Å². The van der Waals surface area contributed by atoms with Gasteiger partial charge in [-0.2, -0.15) is 0 Å². The van der Waals surface area contributed by atoms with Gasteiger partial charge in [0, 0.05) is 5.54 Å². The van der Waals surface area contributed by atoms with Gasteiger partial charge in [-0.3, -0.25) is 0 Å². The van der Waals surface area contributed by atoms with E-state index in [-0.39, 0.29) is 5.54 Å². The third-order valence-corrected chi connectivity index (χ3v) is 3.72. The summed E-state index contributed by atoms with van der Waals surface area (Å²) in [6.07, 6.45) is 10.8. The molecule has 0 aromatic heterocycles. The third kappa shape index (κ3) is 4.52. The molecule has 0 saturated carbocycles. The number of hydrogen-bond donors (Lipinski definition) is 1. The average molecular weight is 221 g/mol. The van der Waals surface area contributed by atoms with Gasteiger partial charge in [0.25, 0.3) is 0 Å². The summed E-state index contributed by atoms with van der Waals surface area (Å²) in [5, 5.41) is 0. The molecule has 0 aromatic rings. The molecule has 1 aliphatic carbocycles. The second-order valence-corrected chi connectivity index (χ2v) is 5.93. The van der Waals surface area contributed by atoms with E-state index in [2.05, 4.69) is 39.8 Å². The van der Waals surface area contributed by atoms with Crippen LogP contribution in [0.3, 0.4) is 0 Å². The molecule has 0 fully saturated rings. The van der Waals surface area contributed by atoms with E-state index < -0.39 is 0 Å². The van der Waals surface area contributed by atoms with Gasteiger partial charge in [-0.05, 0) is 65.7 Å². The fourth-order valence-corrected chi connectivity index (χ4v) is 2.29. The van der Waals surface area contributed by atoms with Gasteiger partial charge in [0.05, 0.1) is 0 Å². The molecule has 0 saturated heterocycles. The predicted molar refractivity (Wildman–Crippen MR) is 72.4 cm³/mol. The summed E-state index contributed by atoms with van der Waals surface area (Å²) in [6.45, 7) is 8.81. The first-order valence-electron chi connectivity index (χ1n) is 6.49. The lowest BCUT2D eigenvalue weighted by molar-refractivity contribution is 0.303. The van der Waals surface area contributed by atoms with Crippen molar-refractivity contribution >= 4 is 0 Å². The van der Waals surface area contributed by atoms with E-state index in [1.165, 1.54) is 36.8 Å². The molecule has 1 rings (SSSR count). The number of hydrogen-bond acceptors (Lipinski definition) is 1. The van der Waals surface area contributed by atoms with Crippen molar-refractivity contribution in [3.63, 3.8) is 0 Å². The van der Waals surface area contributed by atoms with Crippen LogP contribution in [0.4, 0.5) is 0 Å². The smallest absolute Gasteiger partial charge is 0.0128 e. The van der Waals surface area contributed by atoms with E-state index in [9.17, 15) is 0 Å². The van der Waals surface area contributed by atoms with Crippen molar-refractivity contribution in [2.24, 2.45) is 11.7 Å². The zero-order valence-electron chi connectivity index (χ0n) is 11.3. The molecule has 92 valence electrons. The zero-order valence-corrected chi connectivity index (χ0v) is 11.3. The zero-order chi connectivity index (χ0) is 12.2. The lowest BCUT2D eigenvalue weighted by Crippen LogP contribution is -2.40. The minimum absolute atomic E-state index is 0.0593. The summed E-state index contributed by atoms with van der Waals surface area (Å²) in [5.74, 6) is 0.601. The van der Waals surface area contributed by atoms with Crippen molar-refractivity contribution in [3.8, 4) is 0 Å². The summed E-state index contributed by atoms with van der Waals surface area (Å²) >= 11 is 0. The van der Waals surface area contributed by atoms with Crippen LogP contribution in [0.15, 0.2) is 23.3 Å². The fraction of sp³-hybridized carbons (Fsp3) is 0.733. The molecule has 0 aliphatic heterocycles. The van der Waals surface area contributed by atoms with Crippen molar-refractivity contribution in [1.29, 1.82) is 0 Å². The Hall–Kier alpha value is -0.560.